The van der Waals surface area contributed by atoms with Gasteiger partial charge in [-0.25, -0.2) is 0 Å². The maximum atomic E-state index is 12.4. The van der Waals surface area contributed by atoms with E-state index in [2.05, 4.69) is 10.6 Å². The van der Waals surface area contributed by atoms with E-state index in [1.54, 1.807) is 36.4 Å². The maximum Gasteiger partial charge on any atom is 0.257 e. The van der Waals surface area contributed by atoms with Crippen molar-refractivity contribution < 1.29 is 9.59 Å². The van der Waals surface area contributed by atoms with Crippen LogP contribution in [0.2, 0.25) is 0 Å². The van der Waals surface area contributed by atoms with Crippen molar-refractivity contribution in [1.29, 1.82) is 0 Å². The summed E-state index contributed by atoms with van der Waals surface area (Å²) >= 11 is 5.17. The third kappa shape index (κ3) is 4.56. The lowest BCUT2D eigenvalue weighted by molar-refractivity contribution is 0.0975. The first-order valence-corrected chi connectivity index (χ1v) is 8.62. The van der Waals surface area contributed by atoms with Gasteiger partial charge >= 0.3 is 0 Å². The molecule has 27 heavy (non-hydrogen) atoms. The lowest BCUT2D eigenvalue weighted by atomic mass is 10.0. The first-order chi connectivity index (χ1) is 13.0. The van der Waals surface area contributed by atoms with Gasteiger partial charge in [-0.15, -0.1) is 0 Å². The van der Waals surface area contributed by atoms with Crippen LogP contribution in [0.1, 0.15) is 20.7 Å². The molecule has 4 N–H and O–H groups in total. The quantitative estimate of drug-likeness (QED) is 0.609. The highest BCUT2D eigenvalue weighted by Gasteiger charge is 2.11. The summed E-state index contributed by atoms with van der Waals surface area (Å²) in [4.78, 5) is 23.8. The number of carbonyl (C=O) groups excluding carboxylic acids is 2. The molecule has 0 unspecified atom stereocenters. The van der Waals surface area contributed by atoms with E-state index in [1.165, 1.54) is 0 Å². The molecule has 0 aliphatic carbocycles. The van der Waals surface area contributed by atoms with Crippen LogP contribution in [-0.4, -0.2) is 16.9 Å². The third-order valence-corrected chi connectivity index (χ3v) is 4.13. The first kappa shape index (κ1) is 18.3. The van der Waals surface area contributed by atoms with E-state index < -0.39 is 5.91 Å². The van der Waals surface area contributed by atoms with Gasteiger partial charge < -0.3 is 11.1 Å². The number of amides is 2. The van der Waals surface area contributed by atoms with Gasteiger partial charge in [0.1, 0.15) is 0 Å². The summed E-state index contributed by atoms with van der Waals surface area (Å²) in [6, 6.07) is 23.8. The van der Waals surface area contributed by atoms with Gasteiger partial charge in [0.05, 0.1) is 11.3 Å². The number of rotatable bonds is 4. The molecule has 0 aromatic heterocycles. The number of carbonyl (C=O) groups is 2. The van der Waals surface area contributed by atoms with Crippen molar-refractivity contribution in [3.63, 3.8) is 0 Å². The summed E-state index contributed by atoms with van der Waals surface area (Å²) in [7, 11) is 0. The number of primary amides is 1. The Bertz CT molecular complexity index is 986. The topological polar surface area (TPSA) is 84.2 Å². The lowest BCUT2D eigenvalue weighted by Gasteiger charge is -2.12. The molecule has 0 fully saturated rings. The molecular formula is C21H17N3O2S. The third-order valence-electron chi connectivity index (χ3n) is 3.92. The molecule has 134 valence electrons. The molecule has 0 aliphatic heterocycles. The molecule has 0 saturated carbocycles. The fourth-order valence-electron chi connectivity index (χ4n) is 2.58. The summed E-state index contributed by atoms with van der Waals surface area (Å²) in [5, 5.41) is 5.51. The molecule has 0 radical (unpaired) electrons. The van der Waals surface area contributed by atoms with Crippen molar-refractivity contribution in [2.24, 2.45) is 5.73 Å². The van der Waals surface area contributed by atoms with Gasteiger partial charge in [0.15, 0.2) is 5.11 Å². The van der Waals surface area contributed by atoms with Gasteiger partial charge in [-0.2, -0.15) is 0 Å². The molecule has 6 heteroatoms. The van der Waals surface area contributed by atoms with Crippen molar-refractivity contribution in [1.82, 2.24) is 5.32 Å². The van der Waals surface area contributed by atoms with Gasteiger partial charge in [-0.05, 0) is 47.6 Å². The number of anilines is 1. The average molecular weight is 375 g/mol. The van der Waals surface area contributed by atoms with E-state index in [0.717, 1.165) is 11.1 Å². The van der Waals surface area contributed by atoms with E-state index in [1.807, 2.05) is 42.5 Å². The Balaban J connectivity index is 1.67. The summed E-state index contributed by atoms with van der Waals surface area (Å²) < 4.78 is 0. The van der Waals surface area contributed by atoms with Crippen LogP contribution in [0.25, 0.3) is 11.1 Å². The second-order valence-electron chi connectivity index (χ2n) is 5.76. The predicted molar refractivity (Wildman–Crippen MR) is 111 cm³/mol. The molecule has 0 saturated heterocycles. The van der Waals surface area contributed by atoms with Gasteiger partial charge in [0.2, 0.25) is 0 Å². The standard InChI is InChI=1S/C21H17N3O2S/c22-19(25)17-8-4-5-9-18(17)23-21(27)24-20(26)16-12-10-15(11-13-16)14-6-2-1-3-7-14/h1-13H,(H2,22,25)(H2,23,24,26,27). The molecule has 3 aromatic carbocycles. The molecule has 0 spiro atoms. The minimum absolute atomic E-state index is 0.0841. The van der Waals surface area contributed by atoms with Crippen LogP contribution >= 0.6 is 12.2 Å². The number of nitrogens with one attached hydrogen (secondary N) is 2. The maximum absolute atomic E-state index is 12.4. The highest BCUT2D eigenvalue weighted by atomic mass is 32.1. The van der Waals surface area contributed by atoms with Crippen LogP contribution in [0, 0.1) is 0 Å². The molecule has 3 rings (SSSR count). The minimum atomic E-state index is -0.580. The van der Waals surface area contributed by atoms with Gasteiger partial charge in [-0.1, -0.05) is 54.6 Å². The predicted octanol–water partition coefficient (Wildman–Crippen LogP) is 3.58. The highest BCUT2D eigenvalue weighted by Crippen LogP contribution is 2.19. The van der Waals surface area contributed by atoms with Crippen molar-refractivity contribution in [3.8, 4) is 11.1 Å². The summed E-state index contributed by atoms with van der Waals surface area (Å²) in [5.41, 5.74) is 8.63. The van der Waals surface area contributed by atoms with Crippen molar-refractivity contribution in [2.45, 2.75) is 0 Å². The van der Waals surface area contributed by atoms with E-state index in [4.69, 9.17) is 18.0 Å². The van der Waals surface area contributed by atoms with E-state index in [9.17, 15) is 9.59 Å². The van der Waals surface area contributed by atoms with E-state index in [-0.39, 0.29) is 11.0 Å². The Morgan fingerprint density at radius 1 is 0.778 bits per heavy atom. The monoisotopic (exact) mass is 375 g/mol. The minimum Gasteiger partial charge on any atom is -0.366 e. The van der Waals surface area contributed by atoms with Crippen LogP contribution in [0.3, 0.4) is 0 Å². The van der Waals surface area contributed by atoms with Crippen molar-refractivity contribution in [2.75, 3.05) is 5.32 Å². The lowest BCUT2D eigenvalue weighted by Crippen LogP contribution is -2.34. The molecule has 2 amide bonds. The van der Waals surface area contributed by atoms with Crippen LogP contribution in [0.15, 0.2) is 78.9 Å². The zero-order valence-electron chi connectivity index (χ0n) is 14.3. The molecule has 0 atom stereocenters. The molecule has 3 aromatic rings. The van der Waals surface area contributed by atoms with Gasteiger partial charge in [-0.3, -0.25) is 14.9 Å². The second-order valence-corrected chi connectivity index (χ2v) is 6.17. The zero-order chi connectivity index (χ0) is 19.2. The Kier molecular flexibility index (Phi) is 5.58. The van der Waals surface area contributed by atoms with Crippen LogP contribution < -0.4 is 16.4 Å². The molecule has 0 heterocycles. The number of thiocarbonyl (C=S) groups is 1. The Hall–Kier alpha value is -3.51. The molecular weight excluding hydrogens is 358 g/mol. The highest BCUT2D eigenvalue weighted by molar-refractivity contribution is 7.80. The molecule has 0 aliphatic rings. The Morgan fingerprint density at radius 2 is 1.37 bits per heavy atom. The van der Waals surface area contributed by atoms with Crippen molar-refractivity contribution >= 4 is 34.8 Å². The number of hydrogen-bond donors (Lipinski definition) is 3. The van der Waals surface area contributed by atoms with Crippen LogP contribution in [0.4, 0.5) is 5.69 Å². The van der Waals surface area contributed by atoms with Crippen LogP contribution in [0.5, 0.6) is 0 Å². The zero-order valence-corrected chi connectivity index (χ0v) is 15.1. The van der Waals surface area contributed by atoms with E-state index >= 15 is 0 Å². The Morgan fingerprint density at radius 3 is 2.04 bits per heavy atom. The first-order valence-electron chi connectivity index (χ1n) is 8.21. The number of benzene rings is 3. The fraction of sp³-hybridized carbons (Fsp3) is 0. The number of hydrogen-bond acceptors (Lipinski definition) is 3. The SMILES string of the molecule is NC(=O)c1ccccc1NC(=S)NC(=O)c1ccc(-c2ccccc2)cc1. The largest absolute Gasteiger partial charge is 0.366 e. The van der Waals surface area contributed by atoms with Crippen LogP contribution in [-0.2, 0) is 0 Å². The number of para-hydroxylation sites is 1. The van der Waals surface area contributed by atoms with Gasteiger partial charge in [0, 0.05) is 5.56 Å². The molecule has 5 nitrogen and oxygen atoms in total. The van der Waals surface area contributed by atoms with E-state index in [0.29, 0.717) is 16.8 Å². The Labute approximate surface area is 162 Å². The molecule has 0 bridgehead atoms. The smallest absolute Gasteiger partial charge is 0.257 e. The summed E-state index contributed by atoms with van der Waals surface area (Å²) in [5.74, 6) is -0.924. The fourth-order valence-corrected chi connectivity index (χ4v) is 2.78. The normalized spacial score (nSPS) is 10.1. The second kappa shape index (κ2) is 8.25. The number of nitrogens with two attached hydrogens (primary N) is 1. The summed E-state index contributed by atoms with van der Waals surface area (Å²) in [6.45, 7) is 0. The van der Waals surface area contributed by atoms with Crippen molar-refractivity contribution in [3.05, 3.63) is 90.0 Å². The summed E-state index contributed by atoms with van der Waals surface area (Å²) in [6.07, 6.45) is 0. The van der Waals surface area contributed by atoms with Gasteiger partial charge in [0.25, 0.3) is 11.8 Å². The average Bonchev–Trinajstić information content (AvgIpc) is 2.69.